The predicted molar refractivity (Wildman–Crippen MR) is 94.9 cm³/mol. The first-order valence-corrected chi connectivity index (χ1v) is 8.84. The van der Waals surface area contributed by atoms with E-state index in [1.807, 2.05) is 28.8 Å². The highest BCUT2D eigenvalue weighted by molar-refractivity contribution is 8.00. The first-order valence-electron chi connectivity index (χ1n) is 8.02. The SMILES string of the molecule is CC(C)(C)Sc1cccc(C(=O)c2ccc3n2CCC3C(=O)O)c1. The van der Waals surface area contributed by atoms with Crippen molar-refractivity contribution in [1.29, 1.82) is 0 Å². The summed E-state index contributed by atoms with van der Waals surface area (Å²) in [5.74, 6) is -1.38. The number of fused-ring (bicyclic) bond motifs is 1. The van der Waals surface area contributed by atoms with Crippen LogP contribution in [0.5, 0.6) is 0 Å². The average Bonchev–Trinajstić information content (AvgIpc) is 3.05. The second kappa shape index (κ2) is 6.13. The molecule has 3 rings (SSSR count). The Balaban J connectivity index is 1.90. The molecule has 1 aliphatic heterocycles. The Kier molecular flexibility index (Phi) is 4.30. The van der Waals surface area contributed by atoms with E-state index in [-0.39, 0.29) is 10.5 Å². The van der Waals surface area contributed by atoms with Crippen LogP contribution in [0.25, 0.3) is 0 Å². The molecule has 4 nitrogen and oxygen atoms in total. The molecular formula is C19H21NO3S. The highest BCUT2D eigenvalue weighted by Gasteiger charge is 2.31. The van der Waals surface area contributed by atoms with Gasteiger partial charge in [-0.25, -0.2) is 0 Å². The Morgan fingerprint density at radius 1 is 1.21 bits per heavy atom. The molecule has 0 saturated heterocycles. The fraction of sp³-hybridized carbons (Fsp3) is 0.368. The number of carbonyl (C=O) groups is 2. The van der Waals surface area contributed by atoms with Crippen LogP contribution in [-0.2, 0) is 11.3 Å². The van der Waals surface area contributed by atoms with E-state index in [0.717, 1.165) is 10.6 Å². The minimum atomic E-state index is -0.825. The minimum absolute atomic E-state index is 0.0522. The summed E-state index contributed by atoms with van der Waals surface area (Å²) in [7, 11) is 0. The molecule has 2 heterocycles. The number of carboxylic acids is 1. The summed E-state index contributed by atoms with van der Waals surface area (Å²) in [6.45, 7) is 6.99. The van der Waals surface area contributed by atoms with Crippen molar-refractivity contribution >= 4 is 23.5 Å². The summed E-state index contributed by atoms with van der Waals surface area (Å²) in [6.07, 6.45) is 0.547. The van der Waals surface area contributed by atoms with Crippen molar-refractivity contribution in [2.75, 3.05) is 0 Å². The second-order valence-electron chi connectivity index (χ2n) is 7.05. The molecule has 126 valence electrons. The fourth-order valence-electron chi connectivity index (χ4n) is 3.09. The number of carbonyl (C=O) groups excluding carboxylic acids is 1. The summed E-state index contributed by atoms with van der Waals surface area (Å²) in [5, 5.41) is 9.27. The number of rotatable bonds is 4. The highest BCUT2D eigenvalue weighted by atomic mass is 32.2. The number of carboxylic acid groups (broad SMARTS) is 1. The highest BCUT2D eigenvalue weighted by Crippen LogP contribution is 2.34. The van der Waals surface area contributed by atoms with Gasteiger partial charge in [0.05, 0.1) is 11.6 Å². The molecule has 0 aliphatic carbocycles. The van der Waals surface area contributed by atoms with E-state index in [1.165, 1.54) is 0 Å². The summed E-state index contributed by atoms with van der Waals surface area (Å²) >= 11 is 1.72. The van der Waals surface area contributed by atoms with Gasteiger partial charge in [-0.3, -0.25) is 9.59 Å². The fourth-order valence-corrected chi connectivity index (χ4v) is 4.13. The zero-order chi connectivity index (χ0) is 17.5. The summed E-state index contributed by atoms with van der Waals surface area (Å²) in [4.78, 5) is 25.2. The van der Waals surface area contributed by atoms with Gasteiger partial charge in [0.15, 0.2) is 0 Å². The summed E-state index contributed by atoms with van der Waals surface area (Å²) < 4.78 is 1.93. The van der Waals surface area contributed by atoms with E-state index >= 15 is 0 Å². The number of aromatic nitrogens is 1. The number of benzene rings is 1. The first-order chi connectivity index (χ1) is 11.3. The Labute approximate surface area is 145 Å². The van der Waals surface area contributed by atoms with Crippen LogP contribution in [0.4, 0.5) is 0 Å². The van der Waals surface area contributed by atoms with Gasteiger partial charge in [0.1, 0.15) is 0 Å². The van der Waals surface area contributed by atoms with Crippen LogP contribution >= 0.6 is 11.8 Å². The van der Waals surface area contributed by atoms with E-state index in [9.17, 15) is 14.7 Å². The standard InChI is InChI=1S/C19H21NO3S/c1-19(2,3)24-13-6-4-5-12(11-13)17(21)16-8-7-15-14(18(22)23)9-10-20(15)16/h4-8,11,14H,9-10H2,1-3H3,(H,22,23). The van der Waals surface area contributed by atoms with Gasteiger partial charge in [-0.15, -0.1) is 11.8 Å². The lowest BCUT2D eigenvalue weighted by Crippen LogP contribution is -2.10. The van der Waals surface area contributed by atoms with E-state index in [2.05, 4.69) is 20.8 Å². The molecule has 0 saturated carbocycles. The maximum absolute atomic E-state index is 12.9. The van der Waals surface area contributed by atoms with Gasteiger partial charge in [0, 0.05) is 27.4 Å². The number of nitrogens with zero attached hydrogens (tertiary/aromatic N) is 1. The van der Waals surface area contributed by atoms with E-state index < -0.39 is 11.9 Å². The largest absolute Gasteiger partial charge is 0.481 e. The van der Waals surface area contributed by atoms with Gasteiger partial charge in [-0.05, 0) is 30.7 Å². The lowest BCUT2D eigenvalue weighted by Gasteiger charge is -2.17. The quantitative estimate of drug-likeness (QED) is 0.668. The third-order valence-corrected chi connectivity index (χ3v) is 5.17. The molecular weight excluding hydrogens is 322 g/mol. The third kappa shape index (κ3) is 3.26. The van der Waals surface area contributed by atoms with Crippen molar-refractivity contribution < 1.29 is 14.7 Å². The molecule has 0 bridgehead atoms. The second-order valence-corrected chi connectivity index (χ2v) is 8.95. The maximum atomic E-state index is 12.9. The van der Waals surface area contributed by atoms with Crippen LogP contribution in [0, 0.1) is 0 Å². The molecule has 1 unspecified atom stereocenters. The molecule has 24 heavy (non-hydrogen) atoms. The molecule has 1 aromatic heterocycles. The minimum Gasteiger partial charge on any atom is -0.481 e. The molecule has 1 atom stereocenters. The van der Waals surface area contributed by atoms with Crippen molar-refractivity contribution in [3.05, 3.63) is 53.3 Å². The van der Waals surface area contributed by atoms with Crippen LogP contribution in [0.15, 0.2) is 41.3 Å². The Bertz CT molecular complexity index is 801. The van der Waals surface area contributed by atoms with Gasteiger partial charge in [-0.2, -0.15) is 0 Å². The molecule has 0 spiro atoms. The molecule has 1 aliphatic rings. The predicted octanol–water partition coefficient (Wildman–Crippen LogP) is 4.18. The van der Waals surface area contributed by atoms with E-state index in [0.29, 0.717) is 24.2 Å². The first kappa shape index (κ1) is 16.8. The molecule has 0 fully saturated rings. The van der Waals surface area contributed by atoms with Crippen molar-refractivity contribution in [2.45, 2.75) is 49.3 Å². The van der Waals surface area contributed by atoms with Crippen molar-refractivity contribution in [2.24, 2.45) is 0 Å². The van der Waals surface area contributed by atoms with Gasteiger partial charge in [-0.1, -0.05) is 32.9 Å². The third-order valence-electron chi connectivity index (χ3n) is 4.06. The lowest BCUT2D eigenvalue weighted by molar-refractivity contribution is -0.138. The number of thioether (sulfide) groups is 1. The smallest absolute Gasteiger partial charge is 0.312 e. The molecule has 5 heteroatoms. The summed E-state index contributed by atoms with van der Waals surface area (Å²) in [6, 6.07) is 11.2. The van der Waals surface area contributed by atoms with Gasteiger partial charge < -0.3 is 9.67 Å². The van der Waals surface area contributed by atoms with Gasteiger partial charge in [0.2, 0.25) is 5.78 Å². The Morgan fingerprint density at radius 2 is 1.96 bits per heavy atom. The number of aliphatic carboxylic acids is 1. The molecule has 0 amide bonds. The lowest BCUT2D eigenvalue weighted by atomic mass is 10.1. The normalized spacial score (nSPS) is 16.9. The van der Waals surface area contributed by atoms with Crippen LogP contribution in [0.3, 0.4) is 0 Å². The Hall–Kier alpha value is -2.01. The van der Waals surface area contributed by atoms with Crippen molar-refractivity contribution in [3.8, 4) is 0 Å². The van der Waals surface area contributed by atoms with Crippen molar-refractivity contribution in [3.63, 3.8) is 0 Å². The average molecular weight is 343 g/mol. The van der Waals surface area contributed by atoms with Crippen LogP contribution in [0.2, 0.25) is 0 Å². The topological polar surface area (TPSA) is 59.3 Å². The van der Waals surface area contributed by atoms with Crippen molar-refractivity contribution in [1.82, 2.24) is 4.57 Å². The van der Waals surface area contributed by atoms with Gasteiger partial charge >= 0.3 is 5.97 Å². The van der Waals surface area contributed by atoms with Gasteiger partial charge in [0.25, 0.3) is 0 Å². The van der Waals surface area contributed by atoms with Crippen LogP contribution in [-0.4, -0.2) is 26.2 Å². The molecule has 2 aromatic rings. The monoisotopic (exact) mass is 343 g/mol. The van der Waals surface area contributed by atoms with Crippen LogP contribution < -0.4 is 0 Å². The number of hydrogen-bond acceptors (Lipinski definition) is 3. The molecule has 1 N–H and O–H groups in total. The van der Waals surface area contributed by atoms with Crippen LogP contribution in [0.1, 0.15) is 54.9 Å². The zero-order valence-corrected chi connectivity index (χ0v) is 14.9. The summed E-state index contributed by atoms with van der Waals surface area (Å²) in [5.41, 5.74) is 1.95. The van der Waals surface area contributed by atoms with E-state index in [1.54, 1.807) is 23.9 Å². The zero-order valence-electron chi connectivity index (χ0n) is 14.1. The molecule has 1 aromatic carbocycles. The number of hydrogen-bond donors (Lipinski definition) is 1. The maximum Gasteiger partial charge on any atom is 0.312 e. The molecule has 0 radical (unpaired) electrons. The number of ketones is 1. The van der Waals surface area contributed by atoms with E-state index in [4.69, 9.17) is 0 Å². The Morgan fingerprint density at radius 3 is 2.62 bits per heavy atom.